The van der Waals surface area contributed by atoms with Crippen LogP contribution in [0.5, 0.6) is 5.75 Å². The first-order valence-corrected chi connectivity index (χ1v) is 8.29. The first-order valence-electron chi connectivity index (χ1n) is 7.41. The quantitative estimate of drug-likeness (QED) is 0.743. The van der Waals surface area contributed by atoms with Gasteiger partial charge in [-0.05, 0) is 36.8 Å². The van der Waals surface area contributed by atoms with Gasteiger partial charge in [0, 0.05) is 16.6 Å². The molecule has 0 aliphatic rings. The first-order chi connectivity index (χ1) is 11.6. The number of amides is 1. The predicted octanol–water partition coefficient (Wildman–Crippen LogP) is 3.72. The molecule has 0 saturated heterocycles. The third kappa shape index (κ3) is 3.91. The highest BCUT2D eigenvalue weighted by molar-refractivity contribution is 7.13. The van der Waals surface area contributed by atoms with Crippen LogP contribution in [0.25, 0.3) is 11.3 Å². The van der Waals surface area contributed by atoms with Crippen molar-refractivity contribution in [1.29, 1.82) is 0 Å². The zero-order valence-electron chi connectivity index (χ0n) is 13.2. The summed E-state index contributed by atoms with van der Waals surface area (Å²) >= 11 is 1.37. The van der Waals surface area contributed by atoms with E-state index in [1.807, 2.05) is 60.8 Å². The molecule has 0 atom stereocenters. The van der Waals surface area contributed by atoms with E-state index in [0.717, 1.165) is 22.5 Å². The van der Waals surface area contributed by atoms with E-state index in [-0.39, 0.29) is 12.5 Å². The molecule has 3 N–H and O–H groups in total. The number of nitrogens with two attached hydrogens (primary N) is 1. The lowest BCUT2D eigenvalue weighted by atomic mass is 10.1. The molecule has 1 aromatic heterocycles. The maximum atomic E-state index is 12.1. The Morgan fingerprint density at radius 3 is 2.83 bits per heavy atom. The Hall–Kier alpha value is -2.86. The molecule has 6 heteroatoms. The normalized spacial score (nSPS) is 10.4. The number of carbonyl (C=O) groups excluding carboxylic acids is 1. The average molecular weight is 339 g/mol. The second-order valence-electron chi connectivity index (χ2n) is 5.27. The van der Waals surface area contributed by atoms with Gasteiger partial charge in [0.25, 0.3) is 5.91 Å². The molecule has 0 aliphatic heterocycles. The maximum absolute atomic E-state index is 12.1. The van der Waals surface area contributed by atoms with Crippen molar-refractivity contribution in [2.75, 3.05) is 17.7 Å². The monoisotopic (exact) mass is 339 g/mol. The van der Waals surface area contributed by atoms with Gasteiger partial charge in [0.15, 0.2) is 11.7 Å². The van der Waals surface area contributed by atoms with Crippen LogP contribution in [0.4, 0.5) is 10.8 Å². The van der Waals surface area contributed by atoms with E-state index in [2.05, 4.69) is 10.3 Å². The summed E-state index contributed by atoms with van der Waals surface area (Å²) < 4.78 is 5.68. The number of benzene rings is 2. The summed E-state index contributed by atoms with van der Waals surface area (Å²) in [5.41, 5.74) is 9.08. The van der Waals surface area contributed by atoms with Gasteiger partial charge < -0.3 is 15.8 Å². The fraction of sp³-hybridized carbons (Fsp3) is 0.111. The molecular weight excluding hydrogens is 322 g/mol. The van der Waals surface area contributed by atoms with Crippen LogP contribution >= 0.6 is 11.3 Å². The van der Waals surface area contributed by atoms with Crippen LogP contribution in [-0.2, 0) is 4.79 Å². The standard InChI is InChI=1S/C18H17N3O2S/c1-12-5-4-6-13(9-12)20-17(22)10-23-16-8-3-2-7-14(16)15-11-24-18(19)21-15/h2-9,11H,10H2,1H3,(H2,19,21)(H,20,22). The van der Waals surface area contributed by atoms with Gasteiger partial charge in [0.05, 0.1) is 5.69 Å². The van der Waals surface area contributed by atoms with E-state index in [9.17, 15) is 4.79 Å². The topological polar surface area (TPSA) is 77.2 Å². The number of aromatic nitrogens is 1. The second-order valence-corrected chi connectivity index (χ2v) is 6.16. The van der Waals surface area contributed by atoms with Crippen LogP contribution < -0.4 is 15.8 Å². The lowest BCUT2D eigenvalue weighted by molar-refractivity contribution is -0.118. The van der Waals surface area contributed by atoms with E-state index >= 15 is 0 Å². The number of carbonyl (C=O) groups is 1. The van der Waals surface area contributed by atoms with Crippen molar-refractivity contribution in [2.45, 2.75) is 6.92 Å². The van der Waals surface area contributed by atoms with Gasteiger partial charge in [-0.3, -0.25) is 4.79 Å². The Balaban J connectivity index is 1.67. The van der Waals surface area contributed by atoms with Crippen molar-refractivity contribution < 1.29 is 9.53 Å². The van der Waals surface area contributed by atoms with Crippen LogP contribution in [-0.4, -0.2) is 17.5 Å². The van der Waals surface area contributed by atoms with Crippen LogP contribution in [0.15, 0.2) is 53.9 Å². The smallest absolute Gasteiger partial charge is 0.262 e. The number of rotatable bonds is 5. The third-order valence-corrected chi connectivity index (χ3v) is 4.02. The van der Waals surface area contributed by atoms with Gasteiger partial charge in [-0.25, -0.2) is 4.98 Å². The SMILES string of the molecule is Cc1cccc(NC(=O)COc2ccccc2-c2csc(N)n2)c1. The van der Waals surface area contributed by atoms with Crippen molar-refractivity contribution in [3.63, 3.8) is 0 Å². The Morgan fingerprint density at radius 1 is 1.25 bits per heavy atom. The number of nitrogens with zero attached hydrogens (tertiary/aromatic N) is 1. The van der Waals surface area contributed by atoms with Crippen LogP contribution in [0.1, 0.15) is 5.56 Å². The lowest BCUT2D eigenvalue weighted by Crippen LogP contribution is -2.20. The van der Waals surface area contributed by atoms with Crippen LogP contribution in [0, 0.1) is 6.92 Å². The van der Waals surface area contributed by atoms with Crippen LogP contribution in [0.3, 0.4) is 0 Å². The summed E-state index contributed by atoms with van der Waals surface area (Å²) in [6.07, 6.45) is 0. The number of hydrogen-bond acceptors (Lipinski definition) is 5. The average Bonchev–Trinajstić information content (AvgIpc) is 2.99. The Labute approximate surface area is 144 Å². The highest BCUT2D eigenvalue weighted by atomic mass is 32.1. The fourth-order valence-electron chi connectivity index (χ4n) is 2.28. The second kappa shape index (κ2) is 7.14. The highest BCUT2D eigenvalue weighted by Gasteiger charge is 2.11. The lowest BCUT2D eigenvalue weighted by Gasteiger charge is -2.10. The number of nitrogen functional groups attached to an aromatic ring is 1. The summed E-state index contributed by atoms with van der Waals surface area (Å²) in [6, 6.07) is 15.1. The molecule has 3 rings (SSSR count). The molecule has 122 valence electrons. The zero-order chi connectivity index (χ0) is 16.9. The summed E-state index contributed by atoms with van der Waals surface area (Å²) in [6.45, 7) is 1.90. The van der Waals surface area contributed by atoms with Crippen molar-refractivity contribution in [2.24, 2.45) is 0 Å². The van der Waals surface area contributed by atoms with Crippen molar-refractivity contribution >= 4 is 28.1 Å². The Morgan fingerprint density at radius 2 is 2.08 bits per heavy atom. The van der Waals surface area contributed by atoms with Gasteiger partial charge >= 0.3 is 0 Å². The molecule has 1 amide bonds. The number of thiazole rings is 1. The zero-order valence-corrected chi connectivity index (χ0v) is 14.0. The maximum Gasteiger partial charge on any atom is 0.262 e. The fourth-order valence-corrected chi connectivity index (χ4v) is 2.84. The number of nitrogens with one attached hydrogen (secondary N) is 1. The molecular formula is C18H17N3O2S. The number of ether oxygens (including phenoxy) is 1. The van der Waals surface area contributed by atoms with Crippen molar-refractivity contribution in [1.82, 2.24) is 4.98 Å². The highest BCUT2D eigenvalue weighted by Crippen LogP contribution is 2.31. The van der Waals surface area contributed by atoms with Crippen molar-refractivity contribution in [3.8, 4) is 17.0 Å². The molecule has 0 bridgehead atoms. The van der Waals surface area contributed by atoms with E-state index in [1.165, 1.54) is 11.3 Å². The number of hydrogen-bond donors (Lipinski definition) is 2. The van der Waals surface area contributed by atoms with Gasteiger partial charge in [-0.15, -0.1) is 11.3 Å². The van der Waals surface area contributed by atoms with Crippen LogP contribution in [0.2, 0.25) is 0 Å². The number of aryl methyl sites for hydroxylation is 1. The van der Waals surface area contributed by atoms with Crippen molar-refractivity contribution in [3.05, 3.63) is 59.5 Å². The first kappa shape index (κ1) is 16.0. The van der Waals surface area contributed by atoms with Gasteiger partial charge in [-0.2, -0.15) is 0 Å². The number of anilines is 2. The molecule has 3 aromatic rings. The molecule has 0 fully saturated rings. The van der Waals surface area contributed by atoms with Gasteiger partial charge in [0.1, 0.15) is 5.75 Å². The summed E-state index contributed by atoms with van der Waals surface area (Å²) in [5, 5.41) is 5.18. The van der Waals surface area contributed by atoms with Gasteiger partial charge in [0.2, 0.25) is 0 Å². The van der Waals surface area contributed by atoms with E-state index in [0.29, 0.717) is 10.9 Å². The molecule has 0 saturated carbocycles. The molecule has 24 heavy (non-hydrogen) atoms. The Kier molecular flexibility index (Phi) is 4.77. The minimum absolute atomic E-state index is 0.0788. The number of para-hydroxylation sites is 1. The summed E-state index contributed by atoms with van der Waals surface area (Å²) in [5.74, 6) is 0.385. The minimum Gasteiger partial charge on any atom is -0.483 e. The van der Waals surface area contributed by atoms with E-state index in [4.69, 9.17) is 10.5 Å². The predicted molar refractivity (Wildman–Crippen MR) is 97.3 cm³/mol. The molecule has 0 aliphatic carbocycles. The third-order valence-electron chi connectivity index (χ3n) is 3.35. The molecule has 0 radical (unpaired) electrons. The largest absolute Gasteiger partial charge is 0.483 e. The molecule has 2 aromatic carbocycles. The van der Waals surface area contributed by atoms with E-state index < -0.39 is 0 Å². The van der Waals surface area contributed by atoms with Gasteiger partial charge in [-0.1, -0.05) is 24.3 Å². The summed E-state index contributed by atoms with van der Waals surface area (Å²) in [4.78, 5) is 16.3. The Bertz CT molecular complexity index is 861. The van der Waals surface area contributed by atoms with E-state index in [1.54, 1.807) is 0 Å². The minimum atomic E-state index is -0.215. The molecule has 0 unspecified atom stereocenters. The molecule has 1 heterocycles. The molecule has 5 nitrogen and oxygen atoms in total. The summed E-state index contributed by atoms with van der Waals surface area (Å²) in [7, 11) is 0. The molecule has 0 spiro atoms.